The number of benzene rings is 2. The van der Waals surface area contributed by atoms with E-state index in [4.69, 9.17) is 11.6 Å². The van der Waals surface area contributed by atoms with Crippen molar-refractivity contribution in [1.29, 1.82) is 0 Å². The van der Waals surface area contributed by atoms with Gasteiger partial charge in [-0.25, -0.2) is 0 Å². The first kappa shape index (κ1) is 22.1. The van der Waals surface area contributed by atoms with Crippen LogP contribution in [0.2, 0.25) is 5.02 Å². The lowest BCUT2D eigenvalue weighted by atomic mass is 9.95. The lowest BCUT2D eigenvalue weighted by Gasteiger charge is -2.34. The maximum absolute atomic E-state index is 13.2. The van der Waals surface area contributed by atoms with E-state index in [9.17, 15) is 14.9 Å². The number of nitro benzene ring substituents is 1. The largest absolute Gasteiger partial charge is 0.352 e. The van der Waals surface area contributed by atoms with Crippen molar-refractivity contribution in [2.24, 2.45) is 0 Å². The van der Waals surface area contributed by atoms with E-state index in [1.807, 2.05) is 24.0 Å². The van der Waals surface area contributed by atoms with Gasteiger partial charge in [0.05, 0.1) is 4.92 Å². The Morgan fingerprint density at radius 3 is 2.47 bits per heavy atom. The molecule has 160 valence electrons. The Morgan fingerprint density at radius 2 is 1.83 bits per heavy atom. The van der Waals surface area contributed by atoms with Crippen molar-refractivity contribution in [2.45, 2.75) is 64.1 Å². The quantitative estimate of drug-likeness (QED) is 0.445. The van der Waals surface area contributed by atoms with Crippen molar-refractivity contribution >= 4 is 28.9 Å². The molecule has 1 aliphatic rings. The van der Waals surface area contributed by atoms with Gasteiger partial charge in [0, 0.05) is 23.7 Å². The Morgan fingerprint density at radius 1 is 1.17 bits per heavy atom. The molecule has 2 aromatic carbocycles. The molecule has 6 nitrogen and oxygen atoms in total. The molecule has 1 saturated carbocycles. The van der Waals surface area contributed by atoms with Gasteiger partial charge < -0.3 is 10.2 Å². The van der Waals surface area contributed by atoms with Crippen molar-refractivity contribution in [3.63, 3.8) is 0 Å². The molecule has 0 radical (unpaired) electrons. The van der Waals surface area contributed by atoms with Crippen LogP contribution in [0, 0.1) is 10.1 Å². The smallest absolute Gasteiger partial charge is 0.292 e. The molecule has 0 bridgehead atoms. The number of carbonyl (C=O) groups excluding carboxylic acids is 1. The summed E-state index contributed by atoms with van der Waals surface area (Å²) in [5.41, 5.74) is 1.37. The summed E-state index contributed by atoms with van der Waals surface area (Å²) in [6, 6.07) is 13.6. The predicted octanol–water partition coefficient (Wildman–Crippen LogP) is 5.48. The summed E-state index contributed by atoms with van der Waals surface area (Å²) in [7, 11) is 0. The molecule has 1 aliphatic carbocycles. The Balaban J connectivity index is 1.93. The van der Waals surface area contributed by atoms with Gasteiger partial charge in [0.2, 0.25) is 5.91 Å². The van der Waals surface area contributed by atoms with Crippen LogP contribution in [0.1, 0.15) is 51.0 Å². The SMILES string of the molecule is CCC(C(=O)NC1CCCCC1)N(Cc1ccc(Cl)cc1)c1ccccc1[N+](=O)[O-]. The number of nitrogens with zero attached hydrogens (tertiary/aromatic N) is 2. The number of halogens is 1. The predicted molar refractivity (Wildman–Crippen MR) is 120 cm³/mol. The molecule has 1 N–H and O–H groups in total. The van der Waals surface area contributed by atoms with Crippen LogP contribution in [0.25, 0.3) is 0 Å². The highest BCUT2D eigenvalue weighted by molar-refractivity contribution is 6.30. The minimum atomic E-state index is -0.510. The van der Waals surface area contributed by atoms with Gasteiger partial charge in [-0.3, -0.25) is 14.9 Å². The van der Waals surface area contributed by atoms with Crippen LogP contribution in [0.4, 0.5) is 11.4 Å². The van der Waals surface area contributed by atoms with Gasteiger partial charge in [0.15, 0.2) is 0 Å². The Labute approximate surface area is 182 Å². The second-order valence-electron chi connectivity index (χ2n) is 7.77. The Hall–Kier alpha value is -2.60. The zero-order valence-electron chi connectivity index (χ0n) is 17.2. The molecular weight excluding hydrogens is 402 g/mol. The lowest BCUT2D eigenvalue weighted by molar-refractivity contribution is -0.384. The highest BCUT2D eigenvalue weighted by atomic mass is 35.5. The highest BCUT2D eigenvalue weighted by Crippen LogP contribution is 2.32. The van der Waals surface area contributed by atoms with Crippen LogP contribution < -0.4 is 10.2 Å². The number of para-hydroxylation sites is 2. The summed E-state index contributed by atoms with van der Waals surface area (Å²) >= 11 is 6.01. The van der Waals surface area contributed by atoms with E-state index in [0.29, 0.717) is 23.7 Å². The second kappa shape index (κ2) is 10.4. The molecule has 3 rings (SSSR count). The number of carbonyl (C=O) groups is 1. The van der Waals surface area contributed by atoms with Crippen LogP contribution in [0.3, 0.4) is 0 Å². The van der Waals surface area contributed by atoms with Crippen LogP contribution in [0.5, 0.6) is 0 Å². The number of anilines is 1. The first-order valence-corrected chi connectivity index (χ1v) is 10.9. The Kier molecular flexibility index (Phi) is 7.69. The summed E-state index contributed by atoms with van der Waals surface area (Å²) < 4.78 is 0. The van der Waals surface area contributed by atoms with Gasteiger partial charge in [-0.05, 0) is 43.0 Å². The van der Waals surface area contributed by atoms with Crippen LogP contribution >= 0.6 is 11.6 Å². The molecule has 0 spiro atoms. The fourth-order valence-corrected chi connectivity index (χ4v) is 4.23. The van der Waals surface area contributed by atoms with E-state index in [0.717, 1.165) is 31.2 Å². The number of nitro groups is 1. The standard InChI is InChI=1S/C23H28ClN3O3/c1-2-20(23(28)25-19-8-4-3-5-9-19)26(16-17-12-14-18(24)15-13-17)21-10-6-7-11-22(21)27(29)30/h6-7,10-15,19-20H,2-5,8-9,16H2,1H3,(H,25,28). The van der Waals surface area contributed by atoms with Crippen LogP contribution in [-0.4, -0.2) is 22.9 Å². The Bertz CT molecular complexity index is 866. The van der Waals surface area contributed by atoms with Crippen molar-refractivity contribution in [3.8, 4) is 0 Å². The molecule has 1 amide bonds. The van der Waals surface area contributed by atoms with Crippen LogP contribution in [0.15, 0.2) is 48.5 Å². The first-order chi connectivity index (χ1) is 14.5. The van der Waals surface area contributed by atoms with Gasteiger partial charge >= 0.3 is 0 Å². The van der Waals surface area contributed by atoms with Crippen molar-refractivity contribution < 1.29 is 9.72 Å². The minimum Gasteiger partial charge on any atom is -0.352 e. The maximum Gasteiger partial charge on any atom is 0.292 e. The van der Waals surface area contributed by atoms with E-state index in [2.05, 4.69) is 5.32 Å². The molecule has 0 heterocycles. The maximum atomic E-state index is 13.2. The number of amides is 1. The third-order valence-electron chi connectivity index (χ3n) is 5.67. The summed E-state index contributed by atoms with van der Waals surface area (Å²) in [6.45, 7) is 2.31. The van der Waals surface area contributed by atoms with Gasteiger partial charge in [0.25, 0.3) is 5.69 Å². The number of hydrogen-bond donors (Lipinski definition) is 1. The zero-order chi connectivity index (χ0) is 21.5. The van der Waals surface area contributed by atoms with Gasteiger partial charge in [-0.2, -0.15) is 0 Å². The average molecular weight is 430 g/mol. The molecule has 1 atom stereocenters. The zero-order valence-corrected chi connectivity index (χ0v) is 18.0. The number of rotatable bonds is 8. The molecule has 0 aromatic heterocycles. The summed E-state index contributed by atoms with van der Waals surface area (Å²) in [5.74, 6) is -0.0727. The first-order valence-electron chi connectivity index (χ1n) is 10.5. The molecule has 1 fully saturated rings. The highest BCUT2D eigenvalue weighted by Gasteiger charge is 2.30. The monoisotopic (exact) mass is 429 g/mol. The molecular formula is C23H28ClN3O3. The molecule has 30 heavy (non-hydrogen) atoms. The van der Waals surface area contributed by atoms with E-state index < -0.39 is 11.0 Å². The van der Waals surface area contributed by atoms with E-state index in [1.165, 1.54) is 12.5 Å². The fraction of sp³-hybridized carbons (Fsp3) is 0.435. The average Bonchev–Trinajstić information content (AvgIpc) is 2.75. The van der Waals surface area contributed by atoms with E-state index in [-0.39, 0.29) is 17.6 Å². The van der Waals surface area contributed by atoms with Gasteiger partial charge in [-0.15, -0.1) is 0 Å². The number of hydrogen-bond acceptors (Lipinski definition) is 4. The van der Waals surface area contributed by atoms with Crippen molar-refractivity contribution in [2.75, 3.05) is 4.90 Å². The molecule has 7 heteroatoms. The van der Waals surface area contributed by atoms with Crippen molar-refractivity contribution in [1.82, 2.24) is 5.32 Å². The molecule has 2 aromatic rings. The topological polar surface area (TPSA) is 75.5 Å². The minimum absolute atomic E-state index is 0.00428. The molecule has 1 unspecified atom stereocenters. The van der Waals surface area contributed by atoms with E-state index in [1.54, 1.807) is 30.3 Å². The summed E-state index contributed by atoms with van der Waals surface area (Å²) in [4.78, 5) is 26.4. The lowest BCUT2D eigenvalue weighted by Crippen LogP contribution is -2.50. The molecule has 0 aliphatic heterocycles. The third kappa shape index (κ3) is 5.51. The molecule has 0 saturated heterocycles. The van der Waals surface area contributed by atoms with Crippen molar-refractivity contribution in [3.05, 3.63) is 69.2 Å². The normalized spacial score (nSPS) is 15.4. The van der Waals surface area contributed by atoms with E-state index >= 15 is 0 Å². The van der Waals surface area contributed by atoms with Gasteiger partial charge in [0.1, 0.15) is 11.7 Å². The summed E-state index contributed by atoms with van der Waals surface area (Å²) in [5, 5.41) is 15.5. The third-order valence-corrected chi connectivity index (χ3v) is 5.92. The second-order valence-corrected chi connectivity index (χ2v) is 8.20. The number of nitrogens with one attached hydrogen (secondary N) is 1. The van der Waals surface area contributed by atoms with Crippen LogP contribution in [-0.2, 0) is 11.3 Å². The summed E-state index contributed by atoms with van der Waals surface area (Å²) in [6.07, 6.45) is 5.98. The van der Waals surface area contributed by atoms with Gasteiger partial charge in [-0.1, -0.05) is 62.1 Å². The fourth-order valence-electron chi connectivity index (χ4n) is 4.10.